The molecule has 4 atom stereocenters. The van der Waals surface area contributed by atoms with Crippen molar-refractivity contribution in [2.75, 3.05) is 0 Å². The molecule has 3 N–H and O–H groups in total. The number of aliphatic hydroxyl groups is 3. The molecule has 0 heterocycles. The van der Waals surface area contributed by atoms with E-state index in [4.69, 9.17) is 4.74 Å². The molecule has 0 radical (unpaired) electrons. The van der Waals surface area contributed by atoms with Crippen molar-refractivity contribution < 1.29 is 29.6 Å². The molecule has 0 bridgehead atoms. The van der Waals surface area contributed by atoms with Crippen LogP contribution in [0.4, 0.5) is 0 Å². The first-order chi connectivity index (χ1) is 13.4. The Balaban J connectivity index is 3.62. The van der Waals surface area contributed by atoms with Crippen molar-refractivity contribution in [2.24, 2.45) is 0 Å². The minimum Gasteiger partial charge on any atom is -0.452 e. The zero-order valence-corrected chi connectivity index (χ0v) is 17.9. The van der Waals surface area contributed by atoms with Crippen LogP contribution in [0.5, 0.6) is 0 Å². The van der Waals surface area contributed by atoms with Crippen molar-refractivity contribution in [1.82, 2.24) is 0 Å². The first kappa shape index (κ1) is 27.0. The third kappa shape index (κ3) is 14.1. The first-order valence-corrected chi connectivity index (χ1v) is 11.1. The van der Waals surface area contributed by atoms with Crippen LogP contribution in [-0.2, 0) is 14.3 Å². The molecule has 0 spiro atoms. The van der Waals surface area contributed by atoms with Gasteiger partial charge >= 0.3 is 5.97 Å². The van der Waals surface area contributed by atoms with Gasteiger partial charge < -0.3 is 20.1 Å². The minimum atomic E-state index is -1.63. The number of esters is 1. The maximum absolute atomic E-state index is 11.8. The monoisotopic (exact) mass is 402 g/mol. The Morgan fingerprint density at radius 3 is 1.61 bits per heavy atom. The highest BCUT2D eigenvalue weighted by molar-refractivity contribution is 5.72. The Bertz CT molecular complexity index is 385. The van der Waals surface area contributed by atoms with Crippen molar-refractivity contribution in [1.29, 1.82) is 0 Å². The highest BCUT2D eigenvalue weighted by Crippen LogP contribution is 2.14. The van der Waals surface area contributed by atoms with Crippen LogP contribution in [0.25, 0.3) is 0 Å². The summed E-state index contributed by atoms with van der Waals surface area (Å²) in [4.78, 5) is 22.7. The molecule has 0 unspecified atom stereocenters. The van der Waals surface area contributed by atoms with Crippen LogP contribution in [0.2, 0.25) is 0 Å². The lowest BCUT2D eigenvalue weighted by molar-refractivity contribution is -0.166. The second-order valence-electron chi connectivity index (χ2n) is 7.80. The standard InChI is InChI=1S/C22H42O6/c1-3-4-5-6-7-8-9-10-11-12-13-14-15-16-20(25)28-19(17-23)22(27)21(26)18(2)24/h17-19,21-22,24,26-27H,3-16H2,1-2H3/t18-,19+,21+,22-/m0/s1. The van der Waals surface area contributed by atoms with Gasteiger partial charge in [-0.1, -0.05) is 84.0 Å². The van der Waals surface area contributed by atoms with Crippen LogP contribution in [-0.4, -0.2) is 52.0 Å². The highest BCUT2D eigenvalue weighted by atomic mass is 16.6. The van der Waals surface area contributed by atoms with Crippen LogP contribution in [0.15, 0.2) is 0 Å². The van der Waals surface area contributed by atoms with Gasteiger partial charge in [0.2, 0.25) is 0 Å². The van der Waals surface area contributed by atoms with Crippen molar-refractivity contribution in [2.45, 2.75) is 128 Å². The van der Waals surface area contributed by atoms with E-state index in [1.165, 1.54) is 71.1 Å². The number of unbranched alkanes of at least 4 members (excludes halogenated alkanes) is 12. The molecule has 0 saturated heterocycles. The number of carbonyl (C=O) groups excluding carboxylic acids is 2. The van der Waals surface area contributed by atoms with Gasteiger partial charge in [-0.15, -0.1) is 0 Å². The summed E-state index contributed by atoms with van der Waals surface area (Å²) in [5.74, 6) is -0.572. The number of aldehydes is 1. The molecular formula is C22H42O6. The molecule has 0 rings (SSSR count). The summed E-state index contributed by atoms with van der Waals surface area (Å²) in [5, 5.41) is 28.6. The third-order valence-electron chi connectivity index (χ3n) is 5.07. The molecule has 0 aliphatic heterocycles. The molecular weight excluding hydrogens is 360 g/mol. The van der Waals surface area contributed by atoms with E-state index in [-0.39, 0.29) is 12.7 Å². The summed E-state index contributed by atoms with van der Waals surface area (Å²) in [5.41, 5.74) is 0. The fourth-order valence-corrected chi connectivity index (χ4v) is 3.16. The average molecular weight is 403 g/mol. The van der Waals surface area contributed by atoms with E-state index in [0.29, 0.717) is 6.42 Å². The van der Waals surface area contributed by atoms with Gasteiger partial charge in [-0.25, -0.2) is 0 Å². The topological polar surface area (TPSA) is 104 Å². The lowest BCUT2D eigenvalue weighted by Gasteiger charge is -2.24. The van der Waals surface area contributed by atoms with E-state index in [1.807, 2.05) is 0 Å². The van der Waals surface area contributed by atoms with Gasteiger partial charge in [-0.2, -0.15) is 0 Å². The number of hydrogen-bond acceptors (Lipinski definition) is 6. The molecule has 0 aromatic heterocycles. The number of ether oxygens (including phenoxy) is 1. The van der Waals surface area contributed by atoms with Gasteiger partial charge in [0.05, 0.1) is 6.10 Å². The van der Waals surface area contributed by atoms with Gasteiger partial charge in [0.1, 0.15) is 12.2 Å². The zero-order valence-electron chi connectivity index (χ0n) is 17.9. The number of rotatable bonds is 19. The lowest BCUT2D eigenvalue weighted by atomic mass is 10.0. The Hall–Kier alpha value is -0.980. The molecule has 0 aliphatic rings. The average Bonchev–Trinajstić information content (AvgIpc) is 2.68. The summed E-state index contributed by atoms with van der Waals surface area (Å²) >= 11 is 0. The Labute approximate surface area is 170 Å². The highest BCUT2D eigenvalue weighted by Gasteiger charge is 2.31. The quantitative estimate of drug-likeness (QED) is 0.173. The second kappa shape index (κ2) is 18.1. The van der Waals surface area contributed by atoms with E-state index >= 15 is 0 Å². The van der Waals surface area contributed by atoms with Crippen LogP contribution in [0.1, 0.15) is 104 Å². The number of aliphatic hydroxyl groups excluding tert-OH is 3. The zero-order chi connectivity index (χ0) is 21.2. The maximum Gasteiger partial charge on any atom is 0.306 e. The SMILES string of the molecule is CCCCCCCCCCCCCCCC(=O)O[C@H](C=O)[C@H](O)[C@H](O)[C@H](C)O. The van der Waals surface area contributed by atoms with Crippen molar-refractivity contribution in [3.05, 3.63) is 0 Å². The fraction of sp³-hybridized carbons (Fsp3) is 0.909. The van der Waals surface area contributed by atoms with E-state index in [2.05, 4.69) is 6.92 Å². The van der Waals surface area contributed by atoms with Gasteiger partial charge in [0, 0.05) is 6.42 Å². The summed E-state index contributed by atoms with van der Waals surface area (Å²) in [6, 6.07) is 0. The fourth-order valence-electron chi connectivity index (χ4n) is 3.16. The van der Waals surface area contributed by atoms with E-state index in [0.717, 1.165) is 12.8 Å². The van der Waals surface area contributed by atoms with Crippen LogP contribution >= 0.6 is 0 Å². The maximum atomic E-state index is 11.8. The van der Waals surface area contributed by atoms with Crippen molar-refractivity contribution >= 4 is 12.3 Å². The summed E-state index contributed by atoms with van der Waals surface area (Å²) in [6.45, 7) is 3.52. The van der Waals surface area contributed by atoms with Crippen LogP contribution in [0, 0.1) is 0 Å². The van der Waals surface area contributed by atoms with Crippen molar-refractivity contribution in [3.8, 4) is 0 Å². The van der Waals surface area contributed by atoms with E-state index in [9.17, 15) is 24.9 Å². The normalized spacial score (nSPS) is 15.6. The van der Waals surface area contributed by atoms with Gasteiger partial charge in [-0.3, -0.25) is 9.59 Å². The minimum absolute atomic E-state index is 0.180. The van der Waals surface area contributed by atoms with Crippen LogP contribution in [0.3, 0.4) is 0 Å². The van der Waals surface area contributed by atoms with E-state index < -0.39 is 30.4 Å². The largest absolute Gasteiger partial charge is 0.452 e. The lowest BCUT2D eigenvalue weighted by Crippen LogP contribution is -2.46. The molecule has 0 amide bonds. The van der Waals surface area contributed by atoms with Gasteiger partial charge in [-0.05, 0) is 13.3 Å². The molecule has 166 valence electrons. The second-order valence-corrected chi connectivity index (χ2v) is 7.80. The summed E-state index contributed by atoms with van der Waals surface area (Å²) in [7, 11) is 0. The molecule has 28 heavy (non-hydrogen) atoms. The van der Waals surface area contributed by atoms with Gasteiger partial charge in [0.15, 0.2) is 12.4 Å². The van der Waals surface area contributed by atoms with E-state index in [1.54, 1.807) is 0 Å². The van der Waals surface area contributed by atoms with Gasteiger partial charge in [0.25, 0.3) is 0 Å². The Kier molecular flexibility index (Phi) is 17.4. The third-order valence-corrected chi connectivity index (χ3v) is 5.07. The number of carbonyl (C=O) groups is 2. The molecule has 0 aliphatic carbocycles. The first-order valence-electron chi connectivity index (χ1n) is 11.1. The molecule has 6 heteroatoms. The predicted octanol–water partition coefficient (Wildman–Crippen LogP) is 3.68. The molecule has 0 aromatic rings. The molecule has 6 nitrogen and oxygen atoms in total. The molecule has 0 fully saturated rings. The Morgan fingerprint density at radius 1 is 0.786 bits per heavy atom. The van der Waals surface area contributed by atoms with Crippen molar-refractivity contribution in [3.63, 3.8) is 0 Å². The summed E-state index contributed by atoms with van der Waals surface area (Å²) < 4.78 is 4.91. The smallest absolute Gasteiger partial charge is 0.306 e. The predicted molar refractivity (Wildman–Crippen MR) is 110 cm³/mol. The Morgan fingerprint density at radius 2 is 1.21 bits per heavy atom. The number of hydrogen-bond donors (Lipinski definition) is 3. The van der Waals surface area contributed by atoms with Crippen LogP contribution < -0.4 is 0 Å². The molecule has 0 aromatic carbocycles. The molecule has 0 saturated carbocycles. The summed E-state index contributed by atoms with van der Waals surface area (Å²) in [6.07, 6.45) is 10.3.